The minimum Gasteiger partial charge on any atom is -0.493 e. The highest BCUT2D eigenvalue weighted by Crippen LogP contribution is 2.37. The molecule has 1 aliphatic carbocycles. The van der Waals surface area contributed by atoms with Crippen LogP contribution in [0.1, 0.15) is 56.8 Å². The van der Waals surface area contributed by atoms with Crippen LogP contribution in [0, 0.1) is 18.8 Å². The summed E-state index contributed by atoms with van der Waals surface area (Å²) in [6.07, 6.45) is 4.46. The van der Waals surface area contributed by atoms with E-state index in [4.69, 9.17) is 0 Å². The van der Waals surface area contributed by atoms with E-state index in [-0.39, 0.29) is 11.4 Å². The number of nitrogens with zero attached hydrogens (tertiary/aromatic N) is 1. The van der Waals surface area contributed by atoms with Gasteiger partial charge in [0.1, 0.15) is 5.82 Å². The fraction of sp³-hybridized carbons (Fsp3) is 0.714. The number of aromatic amines is 1. The minimum atomic E-state index is -0.219. The fourth-order valence-corrected chi connectivity index (χ4v) is 2.79. The molecule has 0 saturated heterocycles. The Morgan fingerprint density at radius 1 is 1.28 bits per heavy atom. The number of hydrogen-bond donors (Lipinski definition) is 2. The average Bonchev–Trinajstić information content (AvgIpc) is 2.35. The van der Waals surface area contributed by atoms with Gasteiger partial charge in [0, 0.05) is 5.92 Å². The maximum absolute atomic E-state index is 11.6. The first kappa shape index (κ1) is 13.1. The number of nitrogens with one attached hydrogen (secondary N) is 1. The van der Waals surface area contributed by atoms with E-state index in [2.05, 4.69) is 23.8 Å². The number of H-pyrrole nitrogens is 1. The summed E-state index contributed by atoms with van der Waals surface area (Å²) in [5.41, 5.74) is 0.0816. The Kier molecular flexibility index (Phi) is 3.73. The molecule has 1 saturated carbocycles. The Hall–Kier alpha value is -1.32. The zero-order valence-electron chi connectivity index (χ0n) is 11.4. The summed E-state index contributed by atoms with van der Waals surface area (Å²) < 4.78 is 0. The smallest absolute Gasteiger partial charge is 0.257 e. The summed E-state index contributed by atoms with van der Waals surface area (Å²) in [6.45, 7) is 6.12. The third kappa shape index (κ3) is 2.57. The molecule has 0 aliphatic heterocycles. The summed E-state index contributed by atoms with van der Waals surface area (Å²) in [5.74, 6) is 2.33. The molecule has 18 heavy (non-hydrogen) atoms. The first-order valence-corrected chi connectivity index (χ1v) is 6.78. The third-order valence-electron chi connectivity index (χ3n) is 4.25. The molecular weight excluding hydrogens is 228 g/mol. The Morgan fingerprint density at radius 2 is 1.89 bits per heavy atom. The number of aromatic hydroxyl groups is 1. The summed E-state index contributed by atoms with van der Waals surface area (Å²) in [7, 11) is 0. The maximum Gasteiger partial charge on any atom is 0.257 e. The van der Waals surface area contributed by atoms with Crippen molar-refractivity contribution < 1.29 is 5.11 Å². The van der Waals surface area contributed by atoms with Crippen LogP contribution in [-0.4, -0.2) is 15.1 Å². The zero-order chi connectivity index (χ0) is 13.3. The van der Waals surface area contributed by atoms with Crippen molar-refractivity contribution in [2.75, 3.05) is 0 Å². The zero-order valence-corrected chi connectivity index (χ0v) is 11.4. The van der Waals surface area contributed by atoms with Gasteiger partial charge in [0.05, 0.1) is 5.56 Å². The van der Waals surface area contributed by atoms with Gasteiger partial charge in [0.25, 0.3) is 5.56 Å². The van der Waals surface area contributed by atoms with Gasteiger partial charge in [-0.25, -0.2) is 0 Å². The molecule has 4 heteroatoms. The molecule has 0 aromatic carbocycles. The summed E-state index contributed by atoms with van der Waals surface area (Å²) in [4.78, 5) is 18.6. The van der Waals surface area contributed by atoms with Gasteiger partial charge in [-0.1, -0.05) is 13.8 Å². The van der Waals surface area contributed by atoms with Gasteiger partial charge in [-0.3, -0.25) is 4.79 Å². The van der Waals surface area contributed by atoms with Crippen molar-refractivity contribution >= 4 is 0 Å². The van der Waals surface area contributed by atoms with Crippen molar-refractivity contribution in [2.45, 2.75) is 52.4 Å². The van der Waals surface area contributed by atoms with Gasteiger partial charge in [-0.2, -0.15) is 4.98 Å². The van der Waals surface area contributed by atoms with Crippen LogP contribution in [0.2, 0.25) is 0 Å². The second kappa shape index (κ2) is 5.12. The molecule has 1 heterocycles. The molecule has 0 radical (unpaired) electrons. The molecule has 1 fully saturated rings. The first-order valence-electron chi connectivity index (χ1n) is 6.78. The third-order valence-corrected chi connectivity index (χ3v) is 4.25. The first-order chi connectivity index (χ1) is 8.49. The molecule has 1 aromatic rings. The maximum atomic E-state index is 11.6. The van der Waals surface area contributed by atoms with E-state index in [1.807, 2.05) is 0 Å². The largest absolute Gasteiger partial charge is 0.493 e. The SMILES string of the molecule is Cc1c(O)nc(C2CCC(C(C)C)CC2)[nH]c1=O. The average molecular weight is 250 g/mol. The van der Waals surface area contributed by atoms with Crippen LogP contribution in [0.25, 0.3) is 0 Å². The van der Waals surface area contributed by atoms with E-state index in [1.165, 1.54) is 12.8 Å². The van der Waals surface area contributed by atoms with Crippen molar-refractivity contribution in [3.05, 3.63) is 21.7 Å². The second-order valence-corrected chi connectivity index (χ2v) is 5.76. The lowest BCUT2D eigenvalue weighted by Gasteiger charge is -2.30. The Morgan fingerprint density at radius 3 is 2.39 bits per heavy atom. The predicted octanol–water partition coefficient (Wildman–Crippen LogP) is 2.71. The molecular formula is C14H22N2O2. The van der Waals surface area contributed by atoms with E-state index >= 15 is 0 Å². The van der Waals surface area contributed by atoms with Crippen LogP contribution in [0.4, 0.5) is 0 Å². The van der Waals surface area contributed by atoms with Crippen molar-refractivity contribution in [2.24, 2.45) is 11.8 Å². The molecule has 2 N–H and O–H groups in total. The van der Waals surface area contributed by atoms with Crippen LogP contribution < -0.4 is 5.56 Å². The quantitative estimate of drug-likeness (QED) is 0.848. The molecule has 2 rings (SSSR count). The number of rotatable bonds is 2. The lowest BCUT2D eigenvalue weighted by atomic mass is 9.77. The summed E-state index contributed by atoms with van der Waals surface area (Å²) in [6, 6.07) is 0. The van der Waals surface area contributed by atoms with Crippen LogP contribution in [0.5, 0.6) is 5.88 Å². The van der Waals surface area contributed by atoms with Crippen LogP contribution in [0.15, 0.2) is 4.79 Å². The molecule has 4 nitrogen and oxygen atoms in total. The molecule has 1 aromatic heterocycles. The Labute approximate surface area is 107 Å². The van der Waals surface area contributed by atoms with Crippen LogP contribution in [-0.2, 0) is 0 Å². The Balaban J connectivity index is 2.13. The Bertz CT molecular complexity index is 471. The van der Waals surface area contributed by atoms with E-state index in [9.17, 15) is 9.90 Å². The lowest BCUT2D eigenvalue weighted by molar-refractivity contribution is 0.253. The predicted molar refractivity (Wildman–Crippen MR) is 70.8 cm³/mol. The molecule has 0 bridgehead atoms. The molecule has 100 valence electrons. The normalized spacial score (nSPS) is 24.4. The molecule has 0 spiro atoms. The van der Waals surface area contributed by atoms with E-state index < -0.39 is 0 Å². The van der Waals surface area contributed by atoms with E-state index in [0.29, 0.717) is 17.3 Å². The van der Waals surface area contributed by atoms with Crippen LogP contribution >= 0.6 is 0 Å². The summed E-state index contributed by atoms with van der Waals surface area (Å²) >= 11 is 0. The molecule has 0 amide bonds. The highest BCUT2D eigenvalue weighted by molar-refractivity contribution is 5.21. The van der Waals surface area contributed by atoms with Gasteiger partial charge in [0.15, 0.2) is 0 Å². The van der Waals surface area contributed by atoms with Gasteiger partial charge in [-0.05, 0) is 44.4 Å². The van der Waals surface area contributed by atoms with E-state index in [1.54, 1.807) is 6.92 Å². The second-order valence-electron chi connectivity index (χ2n) is 5.76. The van der Waals surface area contributed by atoms with Gasteiger partial charge >= 0.3 is 0 Å². The molecule has 0 unspecified atom stereocenters. The minimum absolute atomic E-state index is 0.125. The number of hydrogen-bond acceptors (Lipinski definition) is 3. The topological polar surface area (TPSA) is 66.0 Å². The van der Waals surface area contributed by atoms with Gasteiger partial charge < -0.3 is 10.1 Å². The van der Waals surface area contributed by atoms with Crippen molar-refractivity contribution in [1.82, 2.24) is 9.97 Å². The monoisotopic (exact) mass is 250 g/mol. The van der Waals surface area contributed by atoms with Crippen molar-refractivity contribution in [1.29, 1.82) is 0 Å². The van der Waals surface area contributed by atoms with Crippen LogP contribution in [0.3, 0.4) is 0 Å². The highest BCUT2D eigenvalue weighted by Gasteiger charge is 2.26. The molecule has 0 atom stereocenters. The summed E-state index contributed by atoms with van der Waals surface area (Å²) in [5, 5.41) is 9.62. The van der Waals surface area contributed by atoms with Crippen molar-refractivity contribution in [3.8, 4) is 5.88 Å². The molecule has 1 aliphatic rings. The van der Waals surface area contributed by atoms with Gasteiger partial charge in [0.2, 0.25) is 5.88 Å². The fourth-order valence-electron chi connectivity index (χ4n) is 2.79. The number of aromatic nitrogens is 2. The van der Waals surface area contributed by atoms with E-state index in [0.717, 1.165) is 24.7 Å². The highest BCUT2D eigenvalue weighted by atomic mass is 16.3. The standard InChI is InChI=1S/C14H22N2O2/c1-8(2)10-4-6-11(7-5-10)12-15-13(17)9(3)14(18)16-12/h8,10-11H,4-7H2,1-3H3,(H2,15,16,17,18). The lowest BCUT2D eigenvalue weighted by Crippen LogP contribution is -2.22. The van der Waals surface area contributed by atoms with Gasteiger partial charge in [-0.15, -0.1) is 0 Å². The van der Waals surface area contributed by atoms with Crippen molar-refractivity contribution in [3.63, 3.8) is 0 Å².